The van der Waals surface area contributed by atoms with Crippen molar-refractivity contribution < 1.29 is 19.4 Å². The largest absolute Gasteiger partial charge is 0.511 e. The number of aryl methyl sites for hydroxylation is 3. The highest BCUT2D eigenvalue weighted by Gasteiger charge is 2.48. The number of carbonyl (C=O) groups is 1. The standard InChI is InChI=1S/C32H34N4O4S/c1-21-18-22(2)36-30(33-21)34-31(35-36)41-28-27(37)19-32(40-29(28)38,25-10-6-7-11-25)17-16-23-12-14-26(15-13-23)39-20-24-8-4-3-5-9-24/h3-5,8-9,12-15,18,25,37H,6-7,10-11,16-17,19-20H2,1-2H3. The maximum Gasteiger partial charge on any atom is 0.349 e. The zero-order chi connectivity index (χ0) is 28.4. The van der Waals surface area contributed by atoms with Crippen molar-refractivity contribution in [2.45, 2.75) is 76.2 Å². The SMILES string of the molecule is Cc1cc(C)n2nc(SC3=C(O)CC(CCc4ccc(OCc5ccccc5)cc4)(C4CCCC4)OC3=O)nc2n1. The molecule has 0 radical (unpaired) electrons. The molecule has 4 aromatic rings. The number of aromatic nitrogens is 4. The molecule has 1 aliphatic carbocycles. The van der Waals surface area contributed by atoms with Gasteiger partial charge in [0.1, 0.15) is 28.6 Å². The highest BCUT2D eigenvalue weighted by Crippen LogP contribution is 2.47. The van der Waals surface area contributed by atoms with Crippen LogP contribution in [0.4, 0.5) is 0 Å². The number of ether oxygens (including phenoxy) is 2. The predicted molar refractivity (Wildman–Crippen MR) is 157 cm³/mol. The Morgan fingerprint density at radius 1 is 1.05 bits per heavy atom. The Morgan fingerprint density at radius 2 is 1.80 bits per heavy atom. The van der Waals surface area contributed by atoms with Gasteiger partial charge in [0.15, 0.2) is 0 Å². The van der Waals surface area contributed by atoms with E-state index >= 15 is 0 Å². The first-order valence-electron chi connectivity index (χ1n) is 14.2. The lowest BCUT2D eigenvalue weighted by Crippen LogP contribution is -2.45. The summed E-state index contributed by atoms with van der Waals surface area (Å²) in [6, 6.07) is 20.1. The minimum absolute atomic E-state index is 0.0579. The van der Waals surface area contributed by atoms with Crippen LogP contribution in [0.2, 0.25) is 0 Å². The van der Waals surface area contributed by atoms with E-state index in [4.69, 9.17) is 9.47 Å². The summed E-state index contributed by atoms with van der Waals surface area (Å²) < 4.78 is 13.9. The second-order valence-corrected chi connectivity index (χ2v) is 12.0. The van der Waals surface area contributed by atoms with Gasteiger partial charge in [-0.2, -0.15) is 4.98 Å². The Hall–Kier alpha value is -3.85. The Labute approximate surface area is 243 Å². The number of fused-ring (bicyclic) bond motifs is 1. The smallest absolute Gasteiger partial charge is 0.349 e. The van der Waals surface area contributed by atoms with Crippen LogP contribution >= 0.6 is 11.8 Å². The van der Waals surface area contributed by atoms with Gasteiger partial charge in [0.05, 0.1) is 0 Å². The third-order valence-electron chi connectivity index (χ3n) is 8.11. The summed E-state index contributed by atoms with van der Waals surface area (Å²) in [7, 11) is 0. The summed E-state index contributed by atoms with van der Waals surface area (Å²) >= 11 is 1.04. The van der Waals surface area contributed by atoms with Gasteiger partial charge in [-0.25, -0.2) is 14.3 Å². The maximum absolute atomic E-state index is 13.4. The normalized spacial score (nSPS) is 19.6. The first-order chi connectivity index (χ1) is 19.9. The Morgan fingerprint density at radius 3 is 2.54 bits per heavy atom. The fourth-order valence-electron chi connectivity index (χ4n) is 6.00. The molecule has 1 N–H and O–H groups in total. The van der Waals surface area contributed by atoms with E-state index in [1.165, 1.54) is 0 Å². The van der Waals surface area contributed by atoms with Crippen LogP contribution in [0.5, 0.6) is 5.75 Å². The first kappa shape index (κ1) is 27.3. The lowest BCUT2D eigenvalue weighted by molar-refractivity contribution is -0.166. The topological polar surface area (TPSA) is 98.8 Å². The Balaban J connectivity index is 1.16. The number of benzene rings is 2. The average Bonchev–Trinajstić information content (AvgIpc) is 3.65. The monoisotopic (exact) mass is 570 g/mol. The number of aliphatic hydroxyl groups is 1. The van der Waals surface area contributed by atoms with E-state index in [-0.39, 0.29) is 16.6 Å². The van der Waals surface area contributed by atoms with Crippen molar-refractivity contribution >= 4 is 23.5 Å². The van der Waals surface area contributed by atoms with Gasteiger partial charge in [0.2, 0.25) is 5.16 Å². The third kappa shape index (κ3) is 5.95. The van der Waals surface area contributed by atoms with Crippen LogP contribution in [0, 0.1) is 19.8 Å². The highest BCUT2D eigenvalue weighted by molar-refractivity contribution is 8.03. The van der Waals surface area contributed by atoms with Crippen molar-refractivity contribution in [3.05, 3.63) is 93.8 Å². The van der Waals surface area contributed by atoms with Crippen molar-refractivity contribution in [1.29, 1.82) is 0 Å². The summed E-state index contributed by atoms with van der Waals surface area (Å²) in [6.45, 7) is 4.35. The van der Waals surface area contributed by atoms with Crippen molar-refractivity contribution in [3.63, 3.8) is 0 Å². The van der Waals surface area contributed by atoms with Crippen LogP contribution in [-0.4, -0.2) is 36.3 Å². The predicted octanol–water partition coefficient (Wildman–Crippen LogP) is 6.69. The van der Waals surface area contributed by atoms with Gasteiger partial charge >= 0.3 is 5.97 Å². The second-order valence-electron chi connectivity index (χ2n) is 11.1. The quantitative estimate of drug-likeness (QED) is 0.222. The molecule has 0 amide bonds. The van der Waals surface area contributed by atoms with E-state index in [1.807, 2.05) is 62.4 Å². The minimum Gasteiger partial charge on any atom is -0.511 e. The summed E-state index contributed by atoms with van der Waals surface area (Å²) in [6.07, 6.45) is 5.89. The maximum atomic E-state index is 13.4. The highest BCUT2D eigenvalue weighted by atomic mass is 32.2. The number of carbonyl (C=O) groups excluding carboxylic acids is 1. The van der Waals surface area contributed by atoms with Gasteiger partial charge in [-0.1, -0.05) is 55.3 Å². The Kier molecular flexibility index (Phi) is 7.71. The number of hydrogen-bond donors (Lipinski definition) is 1. The van der Waals surface area contributed by atoms with Gasteiger partial charge < -0.3 is 14.6 Å². The molecule has 6 rings (SSSR count). The first-order valence-corrected chi connectivity index (χ1v) is 15.0. The van der Waals surface area contributed by atoms with Crippen LogP contribution in [0.1, 0.15) is 61.0 Å². The van der Waals surface area contributed by atoms with Crippen molar-refractivity contribution in [1.82, 2.24) is 19.6 Å². The van der Waals surface area contributed by atoms with Gasteiger partial charge in [0.25, 0.3) is 5.78 Å². The second kappa shape index (κ2) is 11.6. The van der Waals surface area contributed by atoms with Crippen molar-refractivity contribution in [2.75, 3.05) is 0 Å². The summed E-state index contributed by atoms with van der Waals surface area (Å²) in [5.41, 5.74) is 3.27. The fourth-order valence-corrected chi connectivity index (χ4v) is 6.75. The van der Waals surface area contributed by atoms with E-state index < -0.39 is 11.6 Å². The van der Waals surface area contributed by atoms with Crippen molar-refractivity contribution in [3.8, 4) is 5.75 Å². The molecular weight excluding hydrogens is 536 g/mol. The molecule has 1 fully saturated rings. The summed E-state index contributed by atoms with van der Waals surface area (Å²) in [4.78, 5) is 22.4. The van der Waals surface area contributed by atoms with Crippen LogP contribution in [0.3, 0.4) is 0 Å². The van der Waals surface area contributed by atoms with E-state index in [0.29, 0.717) is 30.4 Å². The van der Waals surface area contributed by atoms with E-state index in [2.05, 4.69) is 27.2 Å². The lowest BCUT2D eigenvalue weighted by atomic mass is 9.77. The van der Waals surface area contributed by atoms with Crippen LogP contribution in [-0.2, 0) is 22.6 Å². The fraction of sp³-hybridized carbons (Fsp3) is 0.375. The van der Waals surface area contributed by atoms with Gasteiger partial charge in [-0.05, 0) is 86.5 Å². The number of esters is 1. The molecule has 8 nitrogen and oxygen atoms in total. The average molecular weight is 571 g/mol. The molecule has 212 valence electrons. The summed E-state index contributed by atoms with van der Waals surface area (Å²) in [5.74, 6) is 1.05. The molecule has 2 aliphatic rings. The summed E-state index contributed by atoms with van der Waals surface area (Å²) in [5, 5.41) is 16.1. The van der Waals surface area contributed by atoms with Crippen LogP contribution in [0.15, 0.2) is 76.5 Å². The molecule has 0 spiro atoms. The molecule has 41 heavy (non-hydrogen) atoms. The van der Waals surface area contributed by atoms with Gasteiger partial charge in [0, 0.05) is 17.8 Å². The third-order valence-corrected chi connectivity index (χ3v) is 9.07. The van der Waals surface area contributed by atoms with Crippen LogP contribution < -0.4 is 4.74 Å². The molecule has 2 aromatic heterocycles. The van der Waals surface area contributed by atoms with E-state index in [9.17, 15) is 9.90 Å². The van der Waals surface area contributed by atoms with Gasteiger partial charge in [-0.3, -0.25) is 0 Å². The molecule has 0 bridgehead atoms. The molecule has 1 unspecified atom stereocenters. The van der Waals surface area contributed by atoms with E-state index in [0.717, 1.165) is 72.1 Å². The molecule has 1 aliphatic heterocycles. The molecule has 1 atom stereocenters. The Bertz CT molecular complexity index is 1580. The number of cyclic esters (lactones) is 1. The zero-order valence-corrected chi connectivity index (χ0v) is 24.2. The van der Waals surface area contributed by atoms with Crippen LogP contribution in [0.25, 0.3) is 5.78 Å². The van der Waals surface area contributed by atoms with Crippen molar-refractivity contribution in [2.24, 2.45) is 5.92 Å². The lowest BCUT2D eigenvalue weighted by Gasteiger charge is -2.41. The zero-order valence-electron chi connectivity index (χ0n) is 23.4. The molecule has 1 saturated carbocycles. The number of aliphatic hydroxyl groups excluding tert-OH is 1. The number of rotatable bonds is 9. The number of thioether (sulfide) groups is 1. The van der Waals surface area contributed by atoms with E-state index in [1.54, 1.807) is 4.52 Å². The molecule has 9 heteroatoms. The molecule has 3 heterocycles. The molecule has 0 saturated heterocycles. The molecular formula is C32H34N4O4S. The number of nitrogens with zero attached hydrogens (tertiary/aromatic N) is 4. The number of hydrogen-bond acceptors (Lipinski definition) is 8. The minimum atomic E-state index is -0.730. The molecule has 2 aromatic carbocycles. The van der Waals surface area contributed by atoms with Gasteiger partial charge in [-0.15, -0.1) is 5.10 Å².